The molecular formula is C16H20FN3O. The van der Waals surface area contributed by atoms with E-state index in [2.05, 4.69) is 10.2 Å². The number of carbonyl (C=O) groups is 1. The van der Waals surface area contributed by atoms with E-state index in [-0.39, 0.29) is 11.7 Å². The first-order chi connectivity index (χ1) is 10.1. The second-order valence-electron chi connectivity index (χ2n) is 5.60. The summed E-state index contributed by atoms with van der Waals surface area (Å²) in [5.41, 5.74) is 1.30. The molecule has 0 atom stereocenters. The molecule has 4 nitrogen and oxygen atoms in total. The number of fused-ring (bicyclic) bond motifs is 1. The molecular weight excluding hydrogens is 269 g/mol. The van der Waals surface area contributed by atoms with Gasteiger partial charge < -0.3 is 14.8 Å². The summed E-state index contributed by atoms with van der Waals surface area (Å²) in [5.74, 6) is -0.391. The molecule has 0 unspecified atom stereocenters. The van der Waals surface area contributed by atoms with Gasteiger partial charge in [-0.15, -0.1) is 0 Å². The molecule has 1 aromatic heterocycles. The molecule has 1 aliphatic heterocycles. The van der Waals surface area contributed by atoms with Gasteiger partial charge in [-0.1, -0.05) is 0 Å². The van der Waals surface area contributed by atoms with E-state index in [4.69, 9.17) is 0 Å². The highest BCUT2D eigenvalue weighted by molar-refractivity contribution is 5.98. The van der Waals surface area contributed by atoms with Gasteiger partial charge in [0.2, 0.25) is 0 Å². The summed E-state index contributed by atoms with van der Waals surface area (Å²) in [7, 11) is 1.79. The second kappa shape index (κ2) is 5.85. The molecule has 0 saturated carbocycles. The van der Waals surface area contributed by atoms with Gasteiger partial charge in [0.15, 0.2) is 0 Å². The van der Waals surface area contributed by atoms with Crippen LogP contribution in [0.5, 0.6) is 0 Å². The number of nitrogens with one attached hydrogen (secondary N) is 1. The Morgan fingerprint density at radius 2 is 2.05 bits per heavy atom. The Balaban J connectivity index is 1.67. The van der Waals surface area contributed by atoms with Gasteiger partial charge in [0.25, 0.3) is 5.91 Å². The van der Waals surface area contributed by atoms with Gasteiger partial charge in [0, 0.05) is 25.5 Å². The maximum Gasteiger partial charge on any atom is 0.267 e. The van der Waals surface area contributed by atoms with Gasteiger partial charge in [-0.25, -0.2) is 4.39 Å². The van der Waals surface area contributed by atoms with Crippen LogP contribution in [0.1, 0.15) is 23.3 Å². The maximum absolute atomic E-state index is 13.3. The third-order valence-electron chi connectivity index (χ3n) is 4.15. The van der Waals surface area contributed by atoms with E-state index in [9.17, 15) is 9.18 Å². The summed E-state index contributed by atoms with van der Waals surface area (Å²) in [6.07, 6.45) is 2.51. The fourth-order valence-electron chi connectivity index (χ4n) is 2.95. The SMILES string of the molecule is Cn1c(C(=O)NCCN2CCCC2)cc2ccc(F)cc21. The van der Waals surface area contributed by atoms with Crippen LogP contribution in [0.3, 0.4) is 0 Å². The number of rotatable bonds is 4. The monoisotopic (exact) mass is 289 g/mol. The number of halogens is 1. The van der Waals surface area contributed by atoms with E-state index in [1.807, 2.05) is 0 Å². The molecule has 1 saturated heterocycles. The second-order valence-corrected chi connectivity index (χ2v) is 5.60. The molecule has 1 aliphatic rings. The van der Waals surface area contributed by atoms with Gasteiger partial charge in [-0.05, 0) is 50.2 Å². The van der Waals surface area contributed by atoms with Crippen LogP contribution in [0, 0.1) is 5.82 Å². The van der Waals surface area contributed by atoms with E-state index in [0.29, 0.717) is 12.2 Å². The smallest absolute Gasteiger partial charge is 0.267 e. The van der Waals surface area contributed by atoms with Crippen molar-refractivity contribution in [3.05, 3.63) is 35.8 Å². The van der Waals surface area contributed by atoms with Crippen LogP contribution in [0.25, 0.3) is 10.9 Å². The van der Waals surface area contributed by atoms with Crippen LogP contribution in [-0.4, -0.2) is 41.6 Å². The van der Waals surface area contributed by atoms with E-state index < -0.39 is 0 Å². The van der Waals surface area contributed by atoms with E-state index >= 15 is 0 Å². The Bertz CT molecular complexity index is 659. The fourth-order valence-corrected chi connectivity index (χ4v) is 2.95. The van der Waals surface area contributed by atoms with Crippen molar-refractivity contribution in [3.8, 4) is 0 Å². The third kappa shape index (κ3) is 2.93. The number of amides is 1. The summed E-state index contributed by atoms with van der Waals surface area (Å²) < 4.78 is 15.0. The Morgan fingerprint density at radius 3 is 2.81 bits per heavy atom. The van der Waals surface area contributed by atoms with E-state index in [1.165, 1.54) is 25.0 Å². The van der Waals surface area contributed by atoms with Crippen LogP contribution in [0.2, 0.25) is 0 Å². The van der Waals surface area contributed by atoms with Crippen molar-refractivity contribution in [1.29, 1.82) is 0 Å². The number of benzene rings is 1. The van der Waals surface area contributed by atoms with Gasteiger partial charge in [0.05, 0.1) is 5.52 Å². The van der Waals surface area contributed by atoms with Crippen molar-refractivity contribution >= 4 is 16.8 Å². The zero-order valence-electron chi connectivity index (χ0n) is 12.2. The number of aromatic nitrogens is 1. The summed E-state index contributed by atoms with van der Waals surface area (Å²) >= 11 is 0. The molecule has 2 aromatic rings. The summed E-state index contributed by atoms with van der Waals surface area (Å²) in [6.45, 7) is 3.80. The van der Waals surface area contributed by atoms with Crippen molar-refractivity contribution in [2.24, 2.45) is 7.05 Å². The van der Waals surface area contributed by atoms with Crippen molar-refractivity contribution in [1.82, 2.24) is 14.8 Å². The summed E-state index contributed by atoms with van der Waals surface area (Å²) in [4.78, 5) is 14.6. The highest BCUT2D eigenvalue weighted by Gasteiger charge is 2.15. The lowest BCUT2D eigenvalue weighted by Gasteiger charge is -2.14. The molecule has 0 spiro atoms. The zero-order chi connectivity index (χ0) is 14.8. The number of hydrogen-bond acceptors (Lipinski definition) is 2. The normalized spacial score (nSPS) is 15.7. The number of aryl methyl sites for hydroxylation is 1. The highest BCUT2D eigenvalue weighted by Crippen LogP contribution is 2.19. The molecule has 0 bridgehead atoms. The summed E-state index contributed by atoms with van der Waals surface area (Å²) in [5, 5.41) is 3.83. The third-order valence-corrected chi connectivity index (χ3v) is 4.15. The predicted octanol–water partition coefficient (Wildman–Crippen LogP) is 2.14. The molecule has 1 amide bonds. The number of likely N-dealkylation sites (tertiary alicyclic amines) is 1. The van der Waals surface area contributed by atoms with E-state index in [1.54, 1.807) is 23.7 Å². The average Bonchev–Trinajstić information content (AvgIpc) is 3.08. The quantitative estimate of drug-likeness (QED) is 0.936. The fraction of sp³-hybridized carbons (Fsp3) is 0.438. The first-order valence-electron chi connectivity index (χ1n) is 7.41. The van der Waals surface area contributed by atoms with Crippen molar-refractivity contribution in [2.45, 2.75) is 12.8 Å². The van der Waals surface area contributed by atoms with Crippen LogP contribution in [0.15, 0.2) is 24.3 Å². The molecule has 1 aromatic carbocycles. The largest absolute Gasteiger partial charge is 0.349 e. The Kier molecular flexibility index (Phi) is 3.92. The zero-order valence-corrected chi connectivity index (χ0v) is 12.2. The molecule has 5 heteroatoms. The standard InChI is InChI=1S/C16H20FN3O/c1-19-14-11-13(17)5-4-12(14)10-15(19)16(21)18-6-9-20-7-2-3-8-20/h4-5,10-11H,2-3,6-9H2,1H3,(H,18,21). The Labute approximate surface area is 123 Å². The maximum atomic E-state index is 13.3. The average molecular weight is 289 g/mol. The molecule has 1 fully saturated rings. The van der Waals surface area contributed by atoms with Gasteiger partial charge in [0.1, 0.15) is 11.5 Å². The molecule has 1 N–H and O–H groups in total. The number of nitrogens with zero attached hydrogens (tertiary/aromatic N) is 2. The minimum absolute atomic E-state index is 0.103. The Morgan fingerprint density at radius 1 is 1.29 bits per heavy atom. The van der Waals surface area contributed by atoms with Gasteiger partial charge >= 0.3 is 0 Å². The minimum Gasteiger partial charge on any atom is -0.349 e. The summed E-state index contributed by atoms with van der Waals surface area (Å²) in [6, 6.07) is 6.37. The van der Waals surface area contributed by atoms with Crippen molar-refractivity contribution < 1.29 is 9.18 Å². The lowest BCUT2D eigenvalue weighted by Crippen LogP contribution is -2.34. The highest BCUT2D eigenvalue weighted by atomic mass is 19.1. The molecule has 2 heterocycles. The first-order valence-corrected chi connectivity index (χ1v) is 7.41. The topological polar surface area (TPSA) is 37.3 Å². The minimum atomic E-state index is -0.287. The van der Waals surface area contributed by atoms with Crippen LogP contribution in [0.4, 0.5) is 4.39 Å². The number of hydrogen-bond donors (Lipinski definition) is 1. The molecule has 21 heavy (non-hydrogen) atoms. The predicted molar refractivity (Wildman–Crippen MR) is 80.9 cm³/mol. The molecule has 0 aliphatic carbocycles. The number of carbonyl (C=O) groups excluding carboxylic acids is 1. The molecule has 0 radical (unpaired) electrons. The van der Waals surface area contributed by atoms with Crippen LogP contribution in [-0.2, 0) is 7.05 Å². The lowest BCUT2D eigenvalue weighted by molar-refractivity contribution is 0.0942. The van der Waals surface area contributed by atoms with Crippen molar-refractivity contribution in [2.75, 3.05) is 26.2 Å². The molecule has 112 valence electrons. The first kappa shape index (κ1) is 14.1. The van der Waals surface area contributed by atoms with Crippen LogP contribution >= 0.6 is 0 Å². The van der Waals surface area contributed by atoms with Crippen LogP contribution < -0.4 is 5.32 Å². The molecule has 3 rings (SSSR count). The Hall–Kier alpha value is -1.88. The van der Waals surface area contributed by atoms with Gasteiger partial charge in [-0.2, -0.15) is 0 Å². The van der Waals surface area contributed by atoms with Crippen molar-refractivity contribution in [3.63, 3.8) is 0 Å². The lowest BCUT2D eigenvalue weighted by atomic mass is 10.2. The van der Waals surface area contributed by atoms with Gasteiger partial charge in [-0.3, -0.25) is 4.79 Å². The van der Waals surface area contributed by atoms with E-state index in [0.717, 1.165) is 30.5 Å².